The first-order valence-electron chi connectivity index (χ1n) is 6.76. The van der Waals surface area contributed by atoms with Crippen LogP contribution in [0.1, 0.15) is 36.2 Å². The average molecular weight is 284 g/mol. The molecule has 2 rings (SSSR count). The van der Waals surface area contributed by atoms with E-state index in [4.69, 9.17) is 4.74 Å². The maximum atomic E-state index is 13.5. The van der Waals surface area contributed by atoms with Crippen LogP contribution in [0.3, 0.4) is 0 Å². The average Bonchev–Trinajstić information content (AvgIpc) is 2.91. The molecule has 1 amide bonds. The van der Waals surface area contributed by atoms with Gasteiger partial charge in [-0.2, -0.15) is 0 Å². The highest BCUT2D eigenvalue weighted by atomic mass is 19.1. The smallest absolute Gasteiger partial charge is 0.275 e. The Morgan fingerprint density at radius 3 is 3.00 bits per heavy atom. The quantitative estimate of drug-likeness (QED) is 0.833. The van der Waals surface area contributed by atoms with Gasteiger partial charge in [0.1, 0.15) is 5.82 Å². The molecule has 1 unspecified atom stereocenters. The highest BCUT2D eigenvalue weighted by Crippen LogP contribution is 2.17. The number of amides is 1. The van der Waals surface area contributed by atoms with Crippen molar-refractivity contribution in [2.24, 2.45) is 0 Å². The van der Waals surface area contributed by atoms with Gasteiger partial charge in [-0.05, 0) is 25.7 Å². The Morgan fingerprint density at radius 2 is 2.35 bits per heavy atom. The first kappa shape index (κ1) is 14.8. The molecule has 1 saturated heterocycles. The number of carbonyl (C=O) groups excluding carboxylic acids is 1. The van der Waals surface area contributed by atoms with Crippen LogP contribution in [-0.2, 0) is 4.74 Å². The van der Waals surface area contributed by atoms with Gasteiger partial charge in [-0.25, -0.2) is 13.8 Å². The molecule has 1 aliphatic heterocycles. The summed E-state index contributed by atoms with van der Waals surface area (Å²) in [4.78, 5) is 16.9. The molecule has 0 aromatic carbocycles. The molecule has 0 N–H and O–H groups in total. The van der Waals surface area contributed by atoms with Crippen LogP contribution in [-0.4, -0.2) is 42.1 Å². The summed E-state index contributed by atoms with van der Waals surface area (Å²) in [5.41, 5.74) is -0.342. The number of rotatable bonds is 5. The lowest BCUT2D eigenvalue weighted by atomic mass is 10.1. The lowest BCUT2D eigenvalue weighted by molar-refractivity contribution is 0.0753. The minimum absolute atomic E-state index is 0.277. The molecule has 1 fully saturated rings. The van der Waals surface area contributed by atoms with Gasteiger partial charge in [0.25, 0.3) is 5.91 Å². The Labute approximate surface area is 116 Å². The van der Waals surface area contributed by atoms with Crippen LogP contribution in [0.4, 0.5) is 8.78 Å². The summed E-state index contributed by atoms with van der Waals surface area (Å²) in [5.74, 6) is -2.25. The van der Waals surface area contributed by atoms with E-state index in [1.54, 1.807) is 7.05 Å². The van der Waals surface area contributed by atoms with Gasteiger partial charge in [0.05, 0.1) is 12.3 Å². The second-order valence-electron chi connectivity index (χ2n) is 4.99. The van der Waals surface area contributed by atoms with Gasteiger partial charge in [0, 0.05) is 26.3 Å². The zero-order valence-corrected chi connectivity index (χ0v) is 11.4. The molecule has 1 aromatic rings. The van der Waals surface area contributed by atoms with E-state index < -0.39 is 17.5 Å². The maximum Gasteiger partial charge on any atom is 0.275 e. The van der Waals surface area contributed by atoms with E-state index in [1.807, 2.05) is 0 Å². The number of nitrogens with zero attached hydrogens (tertiary/aromatic N) is 2. The summed E-state index contributed by atoms with van der Waals surface area (Å²) in [6, 6.07) is 0.667. The maximum absolute atomic E-state index is 13.5. The fourth-order valence-electron chi connectivity index (χ4n) is 2.28. The molecule has 6 heteroatoms. The van der Waals surface area contributed by atoms with E-state index in [9.17, 15) is 13.6 Å². The van der Waals surface area contributed by atoms with Gasteiger partial charge in [-0.15, -0.1) is 0 Å². The van der Waals surface area contributed by atoms with Gasteiger partial charge < -0.3 is 9.64 Å². The van der Waals surface area contributed by atoms with Crippen LogP contribution in [0, 0.1) is 11.6 Å². The van der Waals surface area contributed by atoms with Gasteiger partial charge >= 0.3 is 0 Å². The predicted octanol–water partition coefficient (Wildman–Crippen LogP) is 2.39. The van der Waals surface area contributed by atoms with Crippen molar-refractivity contribution in [3.05, 3.63) is 29.6 Å². The van der Waals surface area contributed by atoms with Crippen molar-refractivity contribution in [1.82, 2.24) is 9.88 Å². The van der Waals surface area contributed by atoms with Crippen molar-refractivity contribution in [3.8, 4) is 0 Å². The number of hydrogen-bond acceptors (Lipinski definition) is 3. The van der Waals surface area contributed by atoms with E-state index in [0.29, 0.717) is 12.6 Å². The molecule has 20 heavy (non-hydrogen) atoms. The molecule has 0 aliphatic carbocycles. The largest absolute Gasteiger partial charge is 0.378 e. The van der Waals surface area contributed by atoms with Crippen LogP contribution >= 0.6 is 0 Å². The van der Waals surface area contributed by atoms with Gasteiger partial charge in [0.2, 0.25) is 0 Å². The number of hydrogen-bond donors (Lipinski definition) is 0. The second-order valence-corrected chi connectivity index (χ2v) is 4.99. The van der Waals surface area contributed by atoms with Crippen LogP contribution in [0.2, 0.25) is 0 Å². The molecule has 0 saturated carbocycles. The Kier molecular flexibility index (Phi) is 5.00. The Morgan fingerprint density at radius 1 is 1.55 bits per heavy atom. The molecule has 2 heterocycles. The Balaban J connectivity index is 1.84. The van der Waals surface area contributed by atoms with Crippen LogP contribution in [0.15, 0.2) is 12.3 Å². The monoisotopic (exact) mass is 284 g/mol. The Bertz CT molecular complexity index is 476. The molecule has 1 atom stereocenters. The zero-order chi connectivity index (χ0) is 14.5. The molecule has 1 aliphatic rings. The minimum Gasteiger partial charge on any atom is -0.378 e. The highest BCUT2D eigenvalue weighted by molar-refractivity contribution is 5.92. The number of ether oxygens (including phenoxy) is 1. The van der Waals surface area contributed by atoms with Gasteiger partial charge in [-0.3, -0.25) is 4.79 Å². The van der Waals surface area contributed by atoms with Crippen LogP contribution in [0.5, 0.6) is 0 Å². The van der Waals surface area contributed by atoms with Gasteiger partial charge in [-0.1, -0.05) is 0 Å². The summed E-state index contributed by atoms with van der Waals surface area (Å²) < 4.78 is 31.7. The molecule has 4 nitrogen and oxygen atoms in total. The lowest BCUT2D eigenvalue weighted by Gasteiger charge is -2.18. The van der Waals surface area contributed by atoms with Crippen molar-refractivity contribution in [2.75, 3.05) is 20.2 Å². The highest BCUT2D eigenvalue weighted by Gasteiger charge is 2.19. The summed E-state index contributed by atoms with van der Waals surface area (Å²) in [6.45, 7) is 1.31. The summed E-state index contributed by atoms with van der Waals surface area (Å²) in [5, 5.41) is 0. The molecule has 1 aromatic heterocycles. The zero-order valence-electron chi connectivity index (χ0n) is 11.4. The molecular weight excluding hydrogens is 266 g/mol. The fourth-order valence-corrected chi connectivity index (χ4v) is 2.28. The van der Waals surface area contributed by atoms with Gasteiger partial charge in [0.15, 0.2) is 11.5 Å². The summed E-state index contributed by atoms with van der Waals surface area (Å²) in [6.07, 6.45) is 4.94. The van der Waals surface area contributed by atoms with E-state index in [1.165, 1.54) is 4.90 Å². The van der Waals surface area contributed by atoms with Crippen molar-refractivity contribution in [2.45, 2.75) is 31.8 Å². The number of carbonyl (C=O) groups is 1. The molecule has 0 bridgehead atoms. The van der Waals surface area contributed by atoms with Crippen LogP contribution < -0.4 is 0 Å². The number of pyridine rings is 1. The predicted molar refractivity (Wildman–Crippen MR) is 69.3 cm³/mol. The molecule has 110 valence electrons. The second kappa shape index (κ2) is 6.74. The van der Waals surface area contributed by atoms with Crippen molar-refractivity contribution >= 4 is 5.91 Å². The third kappa shape index (κ3) is 3.72. The third-order valence-electron chi connectivity index (χ3n) is 3.40. The molecule has 0 spiro atoms. The third-order valence-corrected chi connectivity index (χ3v) is 3.40. The summed E-state index contributed by atoms with van der Waals surface area (Å²) in [7, 11) is 1.59. The molecule has 0 radical (unpaired) electrons. The van der Waals surface area contributed by atoms with Crippen LogP contribution in [0.25, 0.3) is 0 Å². The summed E-state index contributed by atoms with van der Waals surface area (Å²) >= 11 is 0. The standard InChI is InChI=1S/C14H18F2N2O2/c1-18(6-2-4-11-5-3-7-20-11)14(19)13-12(16)8-10(15)9-17-13/h8-9,11H,2-7H2,1H3. The van der Waals surface area contributed by atoms with E-state index in [-0.39, 0.29) is 11.8 Å². The van der Waals surface area contributed by atoms with E-state index in [0.717, 1.165) is 38.5 Å². The topological polar surface area (TPSA) is 42.4 Å². The van der Waals surface area contributed by atoms with Crippen molar-refractivity contribution < 1.29 is 18.3 Å². The fraction of sp³-hybridized carbons (Fsp3) is 0.571. The Hall–Kier alpha value is -1.56. The van der Waals surface area contributed by atoms with E-state index in [2.05, 4.69) is 4.98 Å². The van der Waals surface area contributed by atoms with Crippen molar-refractivity contribution in [1.29, 1.82) is 0 Å². The SMILES string of the molecule is CN(CCCC1CCCO1)C(=O)c1ncc(F)cc1F. The number of halogens is 2. The normalized spacial score (nSPS) is 18.2. The minimum atomic E-state index is -0.930. The lowest BCUT2D eigenvalue weighted by Crippen LogP contribution is -2.30. The first-order chi connectivity index (χ1) is 9.58. The van der Waals surface area contributed by atoms with E-state index >= 15 is 0 Å². The number of aromatic nitrogens is 1. The molecular formula is C14H18F2N2O2. The first-order valence-corrected chi connectivity index (χ1v) is 6.76. The van der Waals surface area contributed by atoms with Crippen molar-refractivity contribution in [3.63, 3.8) is 0 Å².